The van der Waals surface area contributed by atoms with Gasteiger partial charge in [0.1, 0.15) is 5.88 Å². The van der Waals surface area contributed by atoms with Gasteiger partial charge in [-0.3, -0.25) is 10.1 Å². The van der Waals surface area contributed by atoms with E-state index in [1.165, 1.54) is 19.3 Å². The Labute approximate surface area is 101 Å². The fourth-order valence-electron chi connectivity index (χ4n) is 2.15. The van der Waals surface area contributed by atoms with Crippen LogP contribution in [0.2, 0.25) is 0 Å². The molecule has 1 rings (SSSR count). The van der Waals surface area contributed by atoms with Crippen LogP contribution in [0.5, 0.6) is 0 Å². The molecule has 0 aromatic heterocycles. The predicted molar refractivity (Wildman–Crippen MR) is 63.4 cm³/mol. The molecule has 0 bridgehead atoms. The minimum Gasteiger partial charge on any atom is -0.335 e. The van der Waals surface area contributed by atoms with Gasteiger partial charge in [0.05, 0.1) is 0 Å². The average Bonchev–Trinajstić information content (AvgIpc) is 2.29. The first-order chi connectivity index (χ1) is 7.63. The van der Waals surface area contributed by atoms with Crippen LogP contribution >= 0.6 is 11.6 Å². The molecule has 92 valence electrons. The SMILES string of the molecule is CC(NC(=O)NC(=O)CCl)C1CCCCC1. The molecule has 16 heavy (non-hydrogen) atoms. The van der Waals surface area contributed by atoms with E-state index in [0.717, 1.165) is 12.8 Å². The molecule has 1 saturated carbocycles. The van der Waals surface area contributed by atoms with E-state index in [2.05, 4.69) is 10.6 Å². The van der Waals surface area contributed by atoms with E-state index < -0.39 is 11.9 Å². The Bertz CT molecular complexity index is 252. The van der Waals surface area contributed by atoms with Crippen molar-refractivity contribution in [2.45, 2.75) is 45.1 Å². The molecule has 4 nitrogen and oxygen atoms in total. The second-order valence-corrected chi connectivity index (χ2v) is 4.61. The minimum atomic E-state index is -0.463. The van der Waals surface area contributed by atoms with Crippen LogP contribution in [0, 0.1) is 5.92 Å². The zero-order valence-corrected chi connectivity index (χ0v) is 10.3. The van der Waals surface area contributed by atoms with Crippen molar-refractivity contribution in [1.82, 2.24) is 10.6 Å². The van der Waals surface area contributed by atoms with Crippen LogP contribution in [0.3, 0.4) is 0 Å². The number of alkyl halides is 1. The highest BCUT2D eigenvalue weighted by Gasteiger charge is 2.21. The number of halogens is 1. The number of imide groups is 1. The van der Waals surface area contributed by atoms with Crippen molar-refractivity contribution in [1.29, 1.82) is 0 Å². The molecule has 1 fully saturated rings. The highest BCUT2D eigenvalue weighted by Crippen LogP contribution is 2.26. The predicted octanol–water partition coefficient (Wildman–Crippen LogP) is 2.02. The van der Waals surface area contributed by atoms with Crippen molar-refractivity contribution >= 4 is 23.5 Å². The summed E-state index contributed by atoms with van der Waals surface area (Å²) in [6.07, 6.45) is 6.08. The Hall–Kier alpha value is -0.770. The lowest BCUT2D eigenvalue weighted by Crippen LogP contribution is -2.46. The average molecular weight is 247 g/mol. The maximum atomic E-state index is 11.4. The van der Waals surface area contributed by atoms with Gasteiger partial charge in [-0.2, -0.15) is 0 Å². The Morgan fingerprint density at radius 1 is 1.31 bits per heavy atom. The molecule has 1 atom stereocenters. The third-order valence-corrected chi connectivity index (χ3v) is 3.33. The summed E-state index contributed by atoms with van der Waals surface area (Å²) >= 11 is 5.29. The van der Waals surface area contributed by atoms with E-state index in [0.29, 0.717) is 5.92 Å². The van der Waals surface area contributed by atoms with Crippen molar-refractivity contribution in [2.75, 3.05) is 5.88 Å². The van der Waals surface area contributed by atoms with Crippen LogP contribution in [0.15, 0.2) is 0 Å². The van der Waals surface area contributed by atoms with Crippen LogP contribution in [-0.2, 0) is 4.79 Å². The van der Waals surface area contributed by atoms with Gasteiger partial charge in [0.2, 0.25) is 5.91 Å². The Balaban J connectivity index is 2.29. The van der Waals surface area contributed by atoms with Gasteiger partial charge in [0, 0.05) is 6.04 Å². The van der Waals surface area contributed by atoms with Gasteiger partial charge in [-0.1, -0.05) is 19.3 Å². The van der Waals surface area contributed by atoms with Gasteiger partial charge in [-0.05, 0) is 25.7 Å². The van der Waals surface area contributed by atoms with Gasteiger partial charge in [0.25, 0.3) is 0 Å². The topological polar surface area (TPSA) is 58.2 Å². The summed E-state index contributed by atoms with van der Waals surface area (Å²) in [5.41, 5.74) is 0. The smallest absolute Gasteiger partial charge is 0.321 e. The van der Waals surface area contributed by atoms with E-state index in [1.807, 2.05) is 6.92 Å². The molecule has 1 aliphatic rings. The molecular weight excluding hydrogens is 228 g/mol. The lowest BCUT2D eigenvalue weighted by atomic mass is 9.85. The normalized spacial score (nSPS) is 18.9. The summed E-state index contributed by atoms with van der Waals surface area (Å²) in [6.45, 7) is 1.99. The van der Waals surface area contributed by atoms with Crippen molar-refractivity contribution in [3.8, 4) is 0 Å². The maximum absolute atomic E-state index is 11.4. The summed E-state index contributed by atoms with van der Waals surface area (Å²) in [7, 11) is 0. The Morgan fingerprint density at radius 3 is 2.50 bits per heavy atom. The van der Waals surface area contributed by atoms with E-state index in [-0.39, 0.29) is 11.9 Å². The summed E-state index contributed by atoms with van der Waals surface area (Å²) in [5, 5.41) is 4.96. The number of amides is 3. The second kappa shape index (κ2) is 6.74. The number of carbonyl (C=O) groups excluding carboxylic acids is 2. The first kappa shape index (κ1) is 13.3. The summed E-state index contributed by atoms with van der Waals surface area (Å²) in [4.78, 5) is 22.2. The summed E-state index contributed by atoms with van der Waals surface area (Å²) in [5.74, 6) is -0.119. The standard InChI is InChI=1S/C11H19ClN2O2/c1-8(9-5-3-2-4-6-9)13-11(16)14-10(15)7-12/h8-9H,2-7H2,1H3,(H2,13,14,15,16). The molecule has 0 saturated heterocycles. The number of rotatable bonds is 3. The molecule has 0 spiro atoms. The van der Waals surface area contributed by atoms with Crippen LogP contribution in [0.25, 0.3) is 0 Å². The number of hydrogen-bond acceptors (Lipinski definition) is 2. The van der Waals surface area contributed by atoms with Crippen molar-refractivity contribution in [3.63, 3.8) is 0 Å². The fourth-order valence-corrected chi connectivity index (χ4v) is 2.22. The minimum absolute atomic E-state index is 0.114. The summed E-state index contributed by atoms with van der Waals surface area (Å²) < 4.78 is 0. The molecule has 1 aliphatic carbocycles. The molecular formula is C11H19ClN2O2. The van der Waals surface area contributed by atoms with Crippen LogP contribution in [0.4, 0.5) is 4.79 Å². The van der Waals surface area contributed by atoms with E-state index in [9.17, 15) is 9.59 Å². The molecule has 5 heteroatoms. The van der Waals surface area contributed by atoms with E-state index in [1.54, 1.807) is 0 Å². The number of carbonyl (C=O) groups is 2. The summed E-state index contributed by atoms with van der Waals surface area (Å²) in [6, 6.07) is -0.327. The van der Waals surface area contributed by atoms with Crippen LogP contribution < -0.4 is 10.6 Å². The van der Waals surface area contributed by atoms with E-state index >= 15 is 0 Å². The Kier molecular flexibility index (Phi) is 5.60. The number of nitrogens with one attached hydrogen (secondary N) is 2. The molecule has 1 unspecified atom stereocenters. The monoisotopic (exact) mass is 246 g/mol. The number of urea groups is 1. The van der Waals surface area contributed by atoms with Crippen LogP contribution in [-0.4, -0.2) is 23.9 Å². The zero-order valence-electron chi connectivity index (χ0n) is 9.59. The van der Waals surface area contributed by atoms with Crippen molar-refractivity contribution < 1.29 is 9.59 Å². The van der Waals surface area contributed by atoms with Gasteiger partial charge >= 0.3 is 6.03 Å². The first-order valence-electron chi connectivity index (χ1n) is 5.79. The van der Waals surface area contributed by atoms with Crippen molar-refractivity contribution in [2.24, 2.45) is 5.92 Å². The third-order valence-electron chi connectivity index (χ3n) is 3.09. The van der Waals surface area contributed by atoms with Gasteiger partial charge in [0.15, 0.2) is 0 Å². The largest absolute Gasteiger partial charge is 0.335 e. The third kappa shape index (κ3) is 4.39. The van der Waals surface area contributed by atoms with Gasteiger partial charge < -0.3 is 5.32 Å². The highest BCUT2D eigenvalue weighted by molar-refractivity contribution is 6.28. The highest BCUT2D eigenvalue weighted by atomic mass is 35.5. The zero-order chi connectivity index (χ0) is 12.0. The molecule has 0 aromatic carbocycles. The quantitative estimate of drug-likeness (QED) is 0.749. The molecule has 0 heterocycles. The van der Waals surface area contributed by atoms with Gasteiger partial charge in [-0.15, -0.1) is 11.6 Å². The molecule has 0 aliphatic heterocycles. The fraction of sp³-hybridized carbons (Fsp3) is 0.818. The molecule has 2 N–H and O–H groups in total. The van der Waals surface area contributed by atoms with Crippen LogP contribution in [0.1, 0.15) is 39.0 Å². The number of hydrogen-bond donors (Lipinski definition) is 2. The lowest BCUT2D eigenvalue weighted by molar-refractivity contribution is -0.117. The van der Waals surface area contributed by atoms with E-state index in [4.69, 9.17) is 11.6 Å². The molecule has 0 radical (unpaired) electrons. The maximum Gasteiger partial charge on any atom is 0.321 e. The first-order valence-corrected chi connectivity index (χ1v) is 6.33. The molecule has 3 amide bonds. The second-order valence-electron chi connectivity index (χ2n) is 4.34. The lowest BCUT2D eigenvalue weighted by Gasteiger charge is -2.28. The Morgan fingerprint density at radius 2 is 1.94 bits per heavy atom. The van der Waals surface area contributed by atoms with Crippen molar-refractivity contribution in [3.05, 3.63) is 0 Å². The van der Waals surface area contributed by atoms with Gasteiger partial charge in [-0.25, -0.2) is 4.79 Å². The molecule has 0 aromatic rings.